The number of piperidine rings is 3. The first kappa shape index (κ1) is 39.3. The van der Waals surface area contributed by atoms with Crippen molar-refractivity contribution in [2.45, 2.75) is 56.7 Å². The normalized spacial score (nSPS) is 21.4. The molecule has 4 saturated heterocycles. The maximum atomic E-state index is 15.4. The number of carbonyl (C=O) groups is 4. The van der Waals surface area contributed by atoms with E-state index in [9.17, 15) is 32.3 Å². The van der Waals surface area contributed by atoms with Crippen molar-refractivity contribution >= 4 is 40.7 Å². The summed E-state index contributed by atoms with van der Waals surface area (Å²) < 4.78 is 71.0. The van der Waals surface area contributed by atoms with Crippen molar-refractivity contribution in [2.75, 3.05) is 73.6 Å². The van der Waals surface area contributed by atoms with Crippen molar-refractivity contribution in [3.8, 4) is 6.07 Å². The summed E-state index contributed by atoms with van der Waals surface area (Å²) in [6.07, 6.45) is -1.58. The van der Waals surface area contributed by atoms with Crippen LogP contribution in [-0.4, -0.2) is 98.4 Å². The Bertz CT molecular complexity index is 2170. The maximum absolute atomic E-state index is 15.4. The van der Waals surface area contributed by atoms with Gasteiger partial charge in [-0.1, -0.05) is 12.1 Å². The Hall–Kier alpha value is -5.56. The van der Waals surface area contributed by atoms with Gasteiger partial charge in [0.15, 0.2) is 5.82 Å². The van der Waals surface area contributed by atoms with Gasteiger partial charge >= 0.3 is 6.18 Å². The Balaban J connectivity index is 0.800. The van der Waals surface area contributed by atoms with E-state index in [0.717, 1.165) is 60.8 Å². The fourth-order valence-electron chi connectivity index (χ4n) is 9.22. The Kier molecular flexibility index (Phi) is 10.6. The minimum atomic E-state index is -4.96. The first-order chi connectivity index (χ1) is 27.8. The number of halogens is 5. The molecule has 16 heteroatoms. The lowest BCUT2D eigenvalue weighted by Crippen LogP contribution is -2.54. The number of fused-ring (bicyclic) bond motifs is 1. The van der Waals surface area contributed by atoms with Crippen LogP contribution in [0.15, 0.2) is 48.5 Å². The number of hydrogen-bond acceptors (Lipinski definition) is 9. The van der Waals surface area contributed by atoms with Crippen LogP contribution < -0.4 is 20.0 Å². The van der Waals surface area contributed by atoms with E-state index in [4.69, 9.17) is 5.26 Å². The minimum absolute atomic E-state index is 0.00415. The second kappa shape index (κ2) is 15.7. The Morgan fingerprint density at radius 1 is 0.724 bits per heavy atom. The number of carbonyl (C=O) groups excluding carboxylic acids is 4. The quantitative estimate of drug-likeness (QED) is 0.238. The SMILES string of the molecule is N#Cc1ccc(N2CCC(c3ccc(N4CCC(CN5CCN(c6cc7c(cc6F)C(=O)N(C6CCC(=O)NC6=O)C7=O)CC5)CC4)cc3)CC2)c(F)c1C(F)(F)F. The lowest BCUT2D eigenvalue weighted by atomic mass is 9.88. The van der Waals surface area contributed by atoms with E-state index in [0.29, 0.717) is 58.0 Å². The third kappa shape index (κ3) is 7.47. The molecule has 4 amide bonds. The van der Waals surface area contributed by atoms with Gasteiger partial charge in [-0.15, -0.1) is 0 Å². The molecule has 3 aromatic carbocycles. The topological polar surface area (TPSA) is 120 Å². The highest BCUT2D eigenvalue weighted by Gasteiger charge is 2.45. The number of nitriles is 1. The second-order valence-corrected chi connectivity index (χ2v) is 15.8. The highest BCUT2D eigenvalue weighted by atomic mass is 19.4. The highest BCUT2D eigenvalue weighted by molar-refractivity contribution is 6.23. The van der Waals surface area contributed by atoms with Crippen molar-refractivity contribution < 1.29 is 41.1 Å². The predicted molar refractivity (Wildman–Crippen MR) is 203 cm³/mol. The van der Waals surface area contributed by atoms with Gasteiger partial charge < -0.3 is 14.7 Å². The van der Waals surface area contributed by atoms with Gasteiger partial charge in [-0.3, -0.25) is 34.3 Å². The molecule has 0 spiro atoms. The fourth-order valence-corrected chi connectivity index (χ4v) is 9.22. The van der Waals surface area contributed by atoms with Crippen LogP contribution in [0.1, 0.15) is 81.8 Å². The van der Waals surface area contributed by atoms with Crippen LogP contribution in [0.2, 0.25) is 0 Å². The standard InChI is InChI=1S/C42H42F5N7O4/c43-32-21-30-31(41(58)54(40(30)57)34-7-8-36(55)49-39(34)56)22-35(32)53-19-17-50(18-20-53)24-25-9-13-51(14-10-25)29-4-1-26(2-5-29)27-11-15-52(16-12-27)33-6-3-28(23-48)37(38(33)44)42(45,46)47/h1-6,21-22,25,27,34H,7-20,24H2,(H,49,55,56). The zero-order valence-electron chi connectivity index (χ0n) is 31.7. The fraction of sp³-hybridized carbons (Fsp3) is 0.452. The van der Waals surface area contributed by atoms with Gasteiger partial charge in [0.1, 0.15) is 17.4 Å². The lowest BCUT2D eigenvalue weighted by Gasteiger charge is -2.40. The number of piperazine rings is 1. The number of imide groups is 2. The summed E-state index contributed by atoms with van der Waals surface area (Å²) in [6.45, 7) is 6.04. The van der Waals surface area contributed by atoms with Crippen LogP contribution in [0.4, 0.5) is 39.0 Å². The number of hydrogen-bond donors (Lipinski definition) is 1. The maximum Gasteiger partial charge on any atom is 0.420 e. The largest absolute Gasteiger partial charge is 0.420 e. The molecule has 1 unspecified atom stereocenters. The van der Waals surface area contributed by atoms with Crippen LogP contribution in [0, 0.1) is 28.9 Å². The summed E-state index contributed by atoms with van der Waals surface area (Å²) in [7, 11) is 0. The summed E-state index contributed by atoms with van der Waals surface area (Å²) in [4.78, 5) is 59.5. The van der Waals surface area contributed by atoms with E-state index in [1.54, 1.807) is 4.90 Å². The van der Waals surface area contributed by atoms with Gasteiger partial charge in [0.2, 0.25) is 11.8 Å². The predicted octanol–water partition coefficient (Wildman–Crippen LogP) is 5.68. The first-order valence-electron chi connectivity index (χ1n) is 19.7. The summed E-state index contributed by atoms with van der Waals surface area (Å²) in [6, 6.07) is 13.6. The van der Waals surface area contributed by atoms with Crippen molar-refractivity contribution in [2.24, 2.45) is 5.92 Å². The Labute approximate surface area is 331 Å². The van der Waals surface area contributed by atoms with Gasteiger partial charge in [-0.25, -0.2) is 8.78 Å². The average Bonchev–Trinajstić information content (AvgIpc) is 3.45. The molecule has 0 saturated carbocycles. The number of benzene rings is 3. The second-order valence-electron chi connectivity index (χ2n) is 15.8. The molecule has 5 aliphatic heterocycles. The van der Waals surface area contributed by atoms with Crippen LogP contribution in [0.25, 0.3) is 0 Å². The van der Waals surface area contributed by atoms with E-state index in [1.165, 1.54) is 18.2 Å². The molecule has 11 nitrogen and oxygen atoms in total. The van der Waals surface area contributed by atoms with Gasteiger partial charge in [0.05, 0.1) is 34.1 Å². The van der Waals surface area contributed by atoms with E-state index < -0.39 is 58.6 Å². The summed E-state index contributed by atoms with van der Waals surface area (Å²) >= 11 is 0. The molecule has 8 rings (SSSR count). The number of rotatable bonds is 7. The molecule has 5 heterocycles. The van der Waals surface area contributed by atoms with Gasteiger partial charge in [0, 0.05) is 71.0 Å². The number of amides is 4. The van der Waals surface area contributed by atoms with Crippen molar-refractivity contribution in [3.05, 3.63) is 88.0 Å². The molecule has 1 atom stereocenters. The van der Waals surface area contributed by atoms with E-state index >= 15 is 8.78 Å². The summed E-state index contributed by atoms with van der Waals surface area (Å²) in [5, 5.41) is 11.3. The number of alkyl halides is 3. The first-order valence-corrected chi connectivity index (χ1v) is 19.7. The van der Waals surface area contributed by atoms with Crippen LogP contribution in [0.3, 0.4) is 0 Å². The molecule has 0 aromatic heterocycles. The van der Waals surface area contributed by atoms with Crippen molar-refractivity contribution in [1.82, 2.24) is 15.1 Å². The van der Waals surface area contributed by atoms with E-state index in [-0.39, 0.29) is 41.3 Å². The van der Waals surface area contributed by atoms with Crippen LogP contribution in [0.5, 0.6) is 0 Å². The number of anilines is 3. The molecule has 304 valence electrons. The monoisotopic (exact) mass is 803 g/mol. The highest BCUT2D eigenvalue weighted by Crippen LogP contribution is 2.40. The molecule has 0 aliphatic carbocycles. The van der Waals surface area contributed by atoms with Crippen LogP contribution >= 0.6 is 0 Å². The molecule has 5 aliphatic rings. The smallest absolute Gasteiger partial charge is 0.372 e. The van der Waals surface area contributed by atoms with E-state index in [2.05, 4.69) is 39.4 Å². The molecule has 0 bridgehead atoms. The Morgan fingerprint density at radius 2 is 1.34 bits per heavy atom. The van der Waals surface area contributed by atoms with Crippen molar-refractivity contribution in [3.63, 3.8) is 0 Å². The third-order valence-electron chi connectivity index (χ3n) is 12.4. The van der Waals surface area contributed by atoms with Crippen LogP contribution in [-0.2, 0) is 15.8 Å². The zero-order valence-corrected chi connectivity index (χ0v) is 31.7. The molecule has 1 N–H and O–H groups in total. The molecular weight excluding hydrogens is 761 g/mol. The van der Waals surface area contributed by atoms with Gasteiger partial charge in [-0.2, -0.15) is 18.4 Å². The average molecular weight is 804 g/mol. The van der Waals surface area contributed by atoms with Gasteiger partial charge in [-0.05, 0) is 85.9 Å². The summed E-state index contributed by atoms with van der Waals surface area (Å²) in [5.74, 6) is -3.88. The van der Waals surface area contributed by atoms with Crippen molar-refractivity contribution in [1.29, 1.82) is 5.26 Å². The molecule has 3 aromatic rings. The Morgan fingerprint density at radius 3 is 1.97 bits per heavy atom. The molecule has 58 heavy (non-hydrogen) atoms. The third-order valence-corrected chi connectivity index (χ3v) is 12.4. The summed E-state index contributed by atoms with van der Waals surface area (Å²) in [5.41, 5.74) is 0.135. The molecule has 4 fully saturated rings. The lowest BCUT2D eigenvalue weighted by molar-refractivity contribution is -0.140. The van der Waals surface area contributed by atoms with E-state index in [1.807, 2.05) is 4.90 Å². The van der Waals surface area contributed by atoms with Gasteiger partial charge in [0.25, 0.3) is 11.8 Å². The zero-order chi connectivity index (χ0) is 40.9. The molecule has 0 radical (unpaired) electrons. The number of nitrogens with zero attached hydrogens (tertiary/aromatic N) is 6. The minimum Gasteiger partial charge on any atom is -0.372 e. The molecular formula is C42H42F5N7O4. The number of nitrogens with one attached hydrogen (secondary N) is 1.